The van der Waals surface area contributed by atoms with Crippen LogP contribution in [0.1, 0.15) is 81.5 Å². The second kappa shape index (κ2) is 7.13. The first kappa shape index (κ1) is 17.3. The third-order valence-electron chi connectivity index (χ3n) is 5.98. The van der Waals surface area contributed by atoms with Gasteiger partial charge in [0.1, 0.15) is 0 Å². The quantitative estimate of drug-likeness (QED) is 0.553. The van der Waals surface area contributed by atoms with Gasteiger partial charge < -0.3 is 0 Å². The molecule has 2 aliphatic carbocycles. The molecule has 0 spiro atoms. The molecule has 4 rings (SSSR count). The Hall–Kier alpha value is -1.56. The smallest absolute Gasteiger partial charge is 0.0133 e. The van der Waals surface area contributed by atoms with Crippen LogP contribution in [-0.2, 0) is 12.8 Å². The Morgan fingerprint density at radius 3 is 1.96 bits per heavy atom. The number of fused-ring (bicyclic) bond motifs is 2. The molecule has 0 bridgehead atoms. The fourth-order valence-corrected chi connectivity index (χ4v) is 4.75. The van der Waals surface area contributed by atoms with Crippen LogP contribution in [0.4, 0.5) is 0 Å². The molecule has 2 unspecified atom stereocenters. The van der Waals surface area contributed by atoms with Crippen molar-refractivity contribution < 1.29 is 0 Å². The van der Waals surface area contributed by atoms with Crippen molar-refractivity contribution in [2.45, 2.75) is 72.1 Å². The lowest BCUT2D eigenvalue weighted by atomic mass is 9.87. The summed E-state index contributed by atoms with van der Waals surface area (Å²) in [5.74, 6) is 2.23. The van der Waals surface area contributed by atoms with Crippen molar-refractivity contribution >= 4 is 0 Å². The summed E-state index contributed by atoms with van der Waals surface area (Å²) in [6.07, 6.45) is 5.16. The molecule has 0 heterocycles. The molecule has 2 atom stereocenters. The number of hydrogen-bond acceptors (Lipinski definition) is 0. The second-order valence-electron chi connectivity index (χ2n) is 7.58. The molecule has 0 saturated carbocycles. The maximum atomic E-state index is 2.38. The fraction of sp³-hybridized carbons (Fsp3) is 0.500. The Morgan fingerprint density at radius 1 is 0.792 bits per heavy atom. The van der Waals surface area contributed by atoms with Crippen molar-refractivity contribution in [3.8, 4) is 11.1 Å². The Balaban J connectivity index is 0.000000815. The largest absolute Gasteiger partial charge is 0.0683 e. The average Bonchev–Trinajstić information content (AvgIpc) is 3.20. The Bertz CT molecular complexity index is 708. The van der Waals surface area contributed by atoms with Gasteiger partial charge in [-0.3, -0.25) is 0 Å². The molecule has 0 amide bonds. The highest BCUT2D eigenvalue weighted by Gasteiger charge is 2.28. The highest BCUT2D eigenvalue weighted by atomic mass is 14.3. The predicted molar refractivity (Wildman–Crippen MR) is 106 cm³/mol. The van der Waals surface area contributed by atoms with Crippen molar-refractivity contribution in [1.29, 1.82) is 0 Å². The number of hydrogen-bond donors (Lipinski definition) is 0. The van der Waals surface area contributed by atoms with Crippen LogP contribution < -0.4 is 0 Å². The van der Waals surface area contributed by atoms with Crippen molar-refractivity contribution in [2.24, 2.45) is 5.92 Å². The summed E-state index contributed by atoms with van der Waals surface area (Å²) in [5.41, 5.74) is 9.50. The van der Waals surface area contributed by atoms with E-state index in [-0.39, 0.29) is 0 Å². The van der Waals surface area contributed by atoms with E-state index in [9.17, 15) is 0 Å². The summed E-state index contributed by atoms with van der Waals surface area (Å²) < 4.78 is 0. The van der Waals surface area contributed by atoms with E-state index in [2.05, 4.69) is 57.2 Å². The minimum Gasteiger partial charge on any atom is -0.0683 e. The van der Waals surface area contributed by atoms with Crippen LogP contribution in [0, 0.1) is 5.92 Å². The molecule has 0 heteroatoms. The summed E-state index contributed by atoms with van der Waals surface area (Å²) in [6.45, 7) is 11.1. The molecule has 128 valence electrons. The molecule has 24 heavy (non-hydrogen) atoms. The van der Waals surface area contributed by atoms with Crippen LogP contribution in [0.5, 0.6) is 0 Å². The summed E-state index contributed by atoms with van der Waals surface area (Å²) in [6, 6.07) is 14.0. The molecule has 0 radical (unpaired) electrons. The van der Waals surface area contributed by atoms with E-state index in [1.807, 2.05) is 13.8 Å². The van der Waals surface area contributed by atoms with E-state index < -0.39 is 0 Å². The molecule has 0 nitrogen and oxygen atoms in total. The molecule has 2 aromatic carbocycles. The maximum absolute atomic E-state index is 2.38. The van der Waals surface area contributed by atoms with Crippen LogP contribution in [0.15, 0.2) is 36.4 Å². The van der Waals surface area contributed by atoms with Crippen LogP contribution in [0.2, 0.25) is 0 Å². The first-order valence-electron chi connectivity index (χ1n) is 9.90. The van der Waals surface area contributed by atoms with Gasteiger partial charge in [0.25, 0.3) is 0 Å². The van der Waals surface area contributed by atoms with E-state index in [1.165, 1.54) is 36.8 Å². The zero-order valence-electron chi connectivity index (χ0n) is 16.0. The highest BCUT2D eigenvalue weighted by molar-refractivity contribution is 5.75. The standard InChI is InChI=1S/C22H26.C2H6/c1-14(2)16-12-13-22-18(16)7-5-9-20(22)19-8-4-6-17-15(3)10-11-21(17)19;1-2/h4-9,14-16H,10-13H2,1-3H3;1-2H3. The first-order chi connectivity index (χ1) is 11.7. The minimum atomic E-state index is 0.732. The predicted octanol–water partition coefficient (Wildman–Crippen LogP) is 7.12. The third kappa shape index (κ3) is 2.81. The van der Waals surface area contributed by atoms with E-state index in [4.69, 9.17) is 0 Å². The van der Waals surface area contributed by atoms with Crippen LogP contribution in [0.3, 0.4) is 0 Å². The van der Waals surface area contributed by atoms with Gasteiger partial charge >= 0.3 is 0 Å². The van der Waals surface area contributed by atoms with Crippen molar-refractivity contribution in [3.05, 3.63) is 58.7 Å². The Morgan fingerprint density at radius 2 is 1.33 bits per heavy atom. The average molecular weight is 321 g/mol. The molecule has 2 aliphatic rings. The van der Waals surface area contributed by atoms with Crippen LogP contribution in [-0.4, -0.2) is 0 Å². The molecule has 0 saturated heterocycles. The normalized spacial score (nSPS) is 21.2. The lowest BCUT2D eigenvalue weighted by molar-refractivity contribution is 0.496. The van der Waals surface area contributed by atoms with Gasteiger partial charge in [-0.25, -0.2) is 0 Å². The first-order valence-corrected chi connectivity index (χ1v) is 9.90. The number of benzene rings is 2. The lowest BCUT2D eigenvalue weighted by Gasteiger charge is -2.17. The van der Waals surface area contributed by atoms with Crippen molar-refractivity contribution in [2.75, 3.05) is 0 Å². The number of rotatable bonds is 2. The Kier molecular flexibility index (Phi) is 5.13. The van der Waals surface area contributed by atoms with Gasteiger partial charge in [-0.2, -0.15) is 0 Å². The molecule has 0 fully saturated rings. The van der Waals surface area contributed by atoms with Gasteiger partial charge in [0.05, 0.1) is 0 Å². The van der Waals surface area contributed by atoms with E-state index >= 15 is 0 Å². The van der Waals surface area contributed by atoms with E-state index in [0.717, 1.165) is 17.8 Å². The highest BCUT2D eigenvalue weighted by Crippen LogP contribution is 2.45. The van der Waals surface area contributed by atoms with Crippen LogP contribution in [0.25, 0.3) is 11.1 Å². The minimum absolute atomic E-state index is 0.732. The van der Waals surface area contributed by atoms with Gasteiger partial charge in [0, 0.05) is 0 Å². The topological polar surface area (TPSA) is 0 Å². The summed E-state index contributed by atoms with van der Waals surface area (Å²) in [4.78, 5) is 0. The Labute approximate surface area is 148 Å². The molecule has 2 aromatic rings. The van der Waals surface area contributed by atoms with Crippen molar-refractivity contribution in [3.63, 3.8) is 0 Å². The molecular weight excluding hydrogens is 288 g/mol. The van der Waals surface area contributed by atoms with Crippen molar-refractivity contribution in [1.82, 2.24) is 0 Å². The second-order valence-corrected chi connectivity index (χ2v) is 7.58. The summed E-state index contributed by atoms with van der Waals surface area (Å²) >= 11 is 0. The maximum Gasteiger partial charge on any atom is -0.0133 e. The van der Waals surface area contributed by atoms with Gasteiger partial charge in [-0.15, -0.1) is 0 Å². The SMILES string of the molecule is CC.CC1CCc2c(-c3cccc4c3CCC4C(C)C)cccc21. The third-order valence-corrected chi connectivity index (χ3v) is 5.98. The van der Waals surface area contributed by atoms with Gasteiger partial charge in [-0.1, -0.05) is 71.0 Å². The molecule has 0 N–H and O–H groups in total. The summed E-state index contributed by atoms with van der Waals surface area (Å²) in [5, 5.41) is 0. The lowest BCUT2D eigenvalue weighted by Crippen LogP contribution is -2.02. The molecular formula is C24H32. The molecule has 0 aliphatic heterocycles. The van der Waals surface area contributed by atoms with Gasteiger partial charge in [-0.05, 0) is 76.8 Å². The molecule has 0 aromatic heterocycles. The zero-order chi connectivity index (χ0) is 17.3. The summed E-state index contributed by atoms with van der Waals surface area (Å²) in [7, 11) is 0. The van der Waals surface area contributed by atoms with Gasteiger partial charge in [0.15, 0.2) is 0 Å². The van der Waals surface area contributed by atoms with E-state index in [1.54, 1.807) is 22.3 Å². The van der Waals surface area contributed by atoms with E-state index in [0.29, 0.717) is 0 Å². The van der Waals surface area contributed by atoms with Crippen LogP contribution >= 0.6 is 0 Å². The zero-order valence-corrected chi connectivity index (χ0v) is 16.0. The monoisotopic (exact) mass is 320 g/mol. The fourth-order valence-electron chi connectivity index (χ4n) is 4.75. The van der Waals surface area contributed by atoms with Gasteiger partial charge in [0.2, 0.25) is 0 Å².